The summed E-state index contributed by atoms with van der Waals surface area (Å²) in [6.07, 6.45) is 2.90. The third kappa shape index (κ3) is 2.83. The first-order valence-electron chi connectivity index (χ1n) is 6.55. The molecule has 0 spiro atoms. The summed E-state index contributed by atoms with van der Waals surface area (Å²) < 4.78 is 36.0. The van der Waals surface area contributed by atoms with Crippen LogP contribution < -0.4 is 9.47 Å². The van der Waals surface area contributed by atoms with Gasteiger partial charge in [-0.25, -0.2) is 9.67 Å². The van der Waals surface area contributed by atoms with Crippen LogP contribution in [-0.4, -0.2) is 28.5 Å². The molecule has 2 heterocycles. The Hall–Kier alpha value is -2.70. The summed E-state index contributed by atoms with van der Waals surface area (Å²) in [6.45, 7) is -2.41. The van der Waals surface area contributed by atoms with Gasteiger partial charge in [0.1, 0.15) is 11.5 Å². The fourth-order valence-corrected chi connectivity index (χ4v) is 2.17. The van der Waals surface area contributed by atoms with E-state index >= 15 is 0 Å². The highest BCUT2D eigenvalue weighted by Gasteiger charge is 2.13. The lowest BCUT2D eigenvalue weighted by Gasteiger charge is -2.07. The maximum Gasteiger partial charge on any atom is 0.387 e. The van der Waals surface area contributed by atoms with E-state index < -0.39 is 6.61 Å². The summed E-state index contributed by atoms with van der Waals surface area (Å²) in [5.41, 5.74) is 1.49. The van der Waals surface area contributed by atoms with Crippen LogP contribution in [0.4, 0.5) is 8.78 Å². The Morgan fingerprint density at radius 3 is 2.64 bits per heavy atom. The summed E-state index contributed by atoms with van der Waals surface area (Å²) in [7, 11) is 1.60. The number of aromatic nitrogens is 3. The van der Waals surface area contributed by atoms with Crippen molar-refractivity contribution in [2.24, 2.45) is 0 Å². The van der Waals surface area contributed by atoms with Gasteiger partial charge in [0, 0.05) is 6.20 Å². The van der Waals surface area contributed by atoms with E-state index in [-0.39, 0.29) is 5.75 Å². The predicted octanol–water partition coefficient (Wildman–Crippen LogP) is 3.09. The highest BCUT2D eigenvalue weighted by Crippen LogP contribution is 2.25. The molecule has 0 bridgehead atoms. The summed E-state index contributed by atoms with van der Waals surface area (Å²) in [6, 6.07) is 8.91. The first-order chi connectivity index (χ1) is 10.7. The maximum atomic E-state index is 12.4. The van der Waals surface area contributed by atoms with E-state index in [1.165, 1.54) is 18.5 Å². The van der Waals surface area contributed by atoms with Gasteiger partial charge in [-0.1, -0.05) is 12.1 Å². The van der Waals surface area contributed by atoms with Crippen molar-refractivity contribution in [2.75, 3.05) is 7.11 Å². The Bertz CT molecular complexity index is 772. The van der Waals surface area contributed by atoms with E-state index in [0.717, 1.165) is 11.3 Å². The molecule has 0 aliphatic carbocycles. The molecule has 5 nitrogen and oxygen atoms in total. The fourth-order valence-electron chi connectivity index (χ4n) is 2.17. The van der Waals surface area contributed by atoms with Crippen LogP contribution in [0.2, 0.25) is 0 Å². The number of fused-ring (bicyclic) bond motifs is 1. The third-order valence-corrected chi connectivity index (χ3v) is 3.21. The summed E-state index contributed by atoms with van der Waals surface area (Å²) >= 11 is 0. The molecule has 7 heteroatoms. The second-order valence-electron chi connectivity index (χ2n) is 4.58. The minimum atomic E-state index is -2.88. The van der Waals surface area contributed by atoms with Crippen molar-refractivity contribution in [3.8, 4) is 11.5 Å². The highest BCUT2D eigenvalue weighted by molar-refractivity contribution is 5.81. The standard InChI is InChI=1S/C15H13F2N3O2/c1-21-11-4-2-10(3-5-11)9-20-14-12(8-19-20)13(6-7-18-14)22-15(16)17/h2-8,15H,9H2,1H3. The lowest BCUT2D eigenvalue weighted by molar-refractivity contribution is -0.0488. The summed E-state index contributed by atoms with van der Waals surface area (Å²) in [5, 5.41) is 4.65. The van der Waals surface area contributed by atoms with Crippen LogP contribution in [0.1, 0.15) is 5.56 Å². The molecule has 0 N–H and O–H groups in total. The van der Waals surface area contributed by atoms with Crippen LogP contribution in [-0.2, 0) is 6.54 Å². The van der Waals surface area contributed by atoms with Gasteiger partial charge in [0.05, 0.1) is 25.2 Å². The summed E-state index contributed by atoms with van der Waals surface area (Å²) in [5.74, 6) is 0.834. The van der Waals surface area contributed by atoms with Gasteiger partial charge >= 0.3 is 6.61 Å². The van der Waals surface area contributed by atoms with Crippen LogP contribution in [0.25, 0.3) is 11.0 Å². The predicted molar refractivity (Wildman–Crippen MR) is 76.3 cm³/mol. The number of rotatable bonds is 5. The maximum absolute atomic E-state index is 12.4. The molecular formula is C15H13F2N3O2. The fraction of sp³-hybridized carbons (Fsp3) is 0.200. The Kier molecular flexibility index (Phi) is 3.86. The molecule has 0 saturated carbocycles. The quantitative estimate of drug-likeness (QED) is 0.727. The number of benzene rings is 1. The van der Waals surface area contributed by atoms with Gasteiger partial charge in [-0.15, -0.1) is 0 Å². The molecule has 0 amide bonds. The number of hydrogen-bond donors (Lipinski definition) is 0. The van der Waals surface area contributed by atoms with Crippen LogP contribution in [0, 0.1) is 0 Å². The highest BCUT2D eigenvalue weighted by atomic mass is 19.3. The molecule has 0 aliphatic rings. The van der Waals surface area contributed by atoms with E-state index in [1.54, 1.807) is 11.8 Å². The number of alkyl halides is 2. The van der Waals surface area contributed by atoms with E-state index in [9.17, 15) is 8.78 Å². The van der Waals surface area contributed by atoms with Crippen molar-refractivity contribution in [1.29, 1.82) is 0 Å². The molecule has 0 unspecified atom stereocenters. The Morgan fingerprint density at radius 2 is 1.95 bits per heavy atom. The molecule has 0 radical (unpaired) electrons. The van der Waals surface area contributed by atoms with Crippen molar-refractivity contribution in [3.05, 3.63) is 48.3 Å². The largest absolute Gasteiger partial charge is 0.497 e. The Labute approximate surface area is 125 Å². The van der Waals surface area contributed by atoms with Crippen LogP contribution in [0.5, 0.6) is 11.5 Å². The van der Waals surface area contributed by atoms with E-state index in [2.05, 4.69) is 14.8 Å². The van der Waals surface area contributed by atoms with Crippen molar-refractivity contribution < 1.29 is 18.3 Å². The molecule has 0 atom stereocenters. The topological polar surface area (TPSA) is 49.2 Å². The first kappa shape index (κ1) is 14.2. The molecule has 22 heavy (non-hydrogen) atoms. The van der Waals surface area contributed by atoms with Gasteiger partial charge in [-0.2, -0.15) is 13.9 Å². The minimum Gasteiger partial charge on any atom is -0.497 e. The zero-order valence-corrected chi connectivity index (χ0v) is 11.7. The second kappa shape index (κ2) is 5.97. The third-order valence-electron chi connectivity index (χ3n) is 3.21. The average molecular weight is 305 g/mol. The molecule has 0 aliphatic heterocycles. The Morgan fingerprint density at radius 1 is 1.18 bits per heavy atom. The van der Waals surface area contributed by atoms with Gasteiger partial charge in [0.25, 0.3) is 0 Å². The number of pyridine rings is 1. The van der Waals surface area contributed by atoms with Crippen LogP contribution in [0.15, 0.2) is 42.7 Å². The van der Waals surface area contributed by atoms with Gasteiger partial charge in [0.15, 0.2) is 5.65 Å². The van der Waals surface area contributed by atoms with Gasteiger partial charge in [0.2, 0.25) is 0 Å². The van der Waals surface area contributed by atoms with Crippen molar-refractivity contribution >= 4 is 11.0 Å². The van der Waals surface area contributed by atoms with E-state index in [1.807, 2.05) is 24.3 Å². The summed E-state index contributed by atoms with van der Waals surface area (Å²) in [4.78, 5) is 4.19. The SMILES string of the molecule is COc1ccc(Cn2ncc3c(OC(F)F)ccnc32)cc1. The second-order valence-corrected chi connectivity index (χ2v) is 4.58. The first-order valence-corrected chi connectivity index (χ1v) is 6.55. The number of nitrogens with zero attached hydrogens (tertiary/aromatic N) is 3. The Balaban J connectivity index is 1.91. The molecule has 2 aromatic heterocycles. The zero-order chi connectivity index (χ0) is 15.5. The minimum absolute atomic E-state index is 0.0704. The molecular weight excluding hydrogens is 292 g/mol. The normalized spacial score (nSPS) is 11.1. The molecule has 3 rings (SSSR count). The van der Waals surface area contributed by atoms with Crippen LogP contribution in [0.3, 0.4) is 0 Å². The van der Waals surface area contributed by atoms with E-state index in [4.69, 9.17) is 4.74 Å². The van der Waals surface area contributed by atoms with Crippen molar-refractivity contribution in [3.63, 3.8) is 0 Å². The van der Waals surface area contributed by atoms with Gasteiger partial charge in [-0.05, 0) is 23.8 Å². The molecule has 0 fully saturated rings. The number of hydrogen-bond acceptors (Lipinski definition) is 4. The number of halogens is 2. The lowest BCUT2D eigenvalue weighted by Crippen LogP contribution is -2.04. The van der Waals surface area contributed by atoms with Crippen molar-refractivity contribution in [1.82, 2.24) is 14.8 Å². The van der Waals surface area contributed by atoms with Crippen LogP contribution >= 0.6 is 0 Å². The lowest BCUT2D eigenvalue weighted by atomic mass is 10.2. The van der Waals surface area contributed by atoms with Gasteiger partial charge < -0.3 is 9.47 Å². The number of methoxy groups -OCH3 is 1. The average Bonchev–Trinajstić information content (AvgIpc) is 2.92. The smallest absolute Gasteiger partial charge is 0.387 e. The molecule has 114 valence electrons. The monoisotopic (exact) mass is 305 g/mol. The molecule has 3 aromatic rings. The number of ether oxygens (including phenoxy) is 2. The molecule has 0 saturated heterocycles. The van der Waals surface area contributed by atoms with E-state index in [0.29, 0.717) is 17.6 Å². The van der Waals surface area contributed by atoms with Crippen molar-refractivity contribution in [2.45, 2.75) is 13.2 Å². The molecule has 1 aromatic carbocycles. The van der Waals surface area contributed by atoms with Gasteiger partial charge in [-0.3, -0.25) is 0 Å². The zero-order valence-electron chi connectivity index (χ0n) is 11.7.